The summed E-state index contributed by atoms with van der Waals surface area (Å²) in [5, 5.41) is 7.01. The SMILES string of the molecule is CN=C(NCCCc1ccc(OC)c(OC)c1)NC1CCN(C(C)C)CC1. The fourth-order valence-corrected chi connectivity index (χ4v) is 3.48. The molecule has 6 nitrogen and oxygen atoms in total. The van der Waals surface area contributed by atoms with Crippen molar-refractivity contribution in [1.29, 1.82) is 0 Å². The Kier molecular flexibility index (Phi) is 8.72. The van der Waals surface area contributed by atoms with Crippen LogP contribution < -0.4 is 20.1 Å². The predicted octanol–water partition coefficient (Wildman–Crippen LogP) is 2.67. The molecule has 6 heteroatoms. The highest BCUT2D eigenvalue weighted by Gasteiger charge is 2.21. The Balaban J connectivity index is 1.71. The van der Waals surface area contributed by atoms with Crippen molar-refractivity contribution >= 4 is 5.96 Å². The minimum absolute atomic E-state index is 0.511. The van der Waals surface area contributed by atoms with Gasteiger partial charge >= 0.3 is 0 Å². The van der Waals surface area contributed by atoms with Gasteiger partial charge in [-0.25, -0.2) is 0 Å². The van der Waals surface area contributed by atoms with Gasteiger partial charge in [-0.05, 0) is 57.2 Å². The zero-order valence-electron chi connectivity index (χ0n) is 17.5. The second-order valence-corrected chi connectivity index (χ2v) is 7.34. The number of likely N-dealkylation sites (tertiary alicyclic amines) is 1. The highest BCUT2D eigenvalue weighted by Crippen LogP contribution is 2.27. The van der Waals surface area contributed by atoms with Gasteiger partial charge in [0.2, 0.25) is 0 Å². The summed E-state index contributed by atoms with van der Waals surface area (Å²) in [6, 6.07) is 7.26. The van der Waals surface area contributed by atoms with Crippen molar-refractivity contribution in [3.8, 4) is 11.5 Å². The van der Waals surface area contributed by atoms with E-state index in [1.54, 1.807) is 14.2 Å². The maximum absolute atomic E-state index is 5.37. The van der Waals surface area contributed by atoms with Crippen molar-refractivity contribution in [2.45, 2.75) is 51.6 Å². The Labute approximate surface area is 164 Å². The van der Waals surface area contributed by atoms with Crippen molar-refractivity contribution in [3.05, 3.63) is 23.8 Å². The van der Waals surface area contributed by atoms with Crippen molar-refractivity contribution in [2.75, 3.05) is 40.9 Å². The number of rotatable bonds is 8. The third-order valence-electron chi connectivity index (χ3n) is 5.21. The van der Waals surface area contributed by atoms with Gasteiger partial charge in [-0.2, -0.15) is 0 Å². The molecule has 0 radical (unpaired) electrons. The Morgan fingerprint density at radius 1 is 1.19 bits per heavy atom. The molecule has 1 heterocycles. The van der Waals surface area contributed by atoms with E-state index in [2.05, 4.69) is 46.5 Å². The van der Waals surface area contributed by atoms with Crippen LogP contribution in [0.15, 0.2) is 23.2 Å². The lowest BCUT2D eigenvalue weighted by atomic mass is 10.0. The Morgan fingerprint density at radius 2 is 1.89 bits per heavy atom. The highest BCUT2D eigenvalue weighted by molar-refractivity contribution is 5.79. The summed E-state index contributed by atoms with van der Waals surface area (Å²) in [6.07, 6.45) is 4.36. The van der Waals surface area contributed by atoms with Crippen LogP contribution in [0.3, 0.4) is 0 Å². The van der Waals surface area contributed by atoms with Crippen molar-refractivity contribution in [2.24, 2.45) is 4.99 Å². The largest absolute Gasteiger partial charge is 0.493 e. The van der Waals surface area contributed by atoms with Crippen LogP contribution in [0.1, 0.15) is 38.7 Å². The average molecular weight is 377 g/mol. The Hall–Kier alpha value is -1.95. The molecule has 1 aromatic carbocycles. The van der Waals surface area contributed by atoms with Gasteiger partial charge < -0.3 is 25.0 Å². The van der Waals surface area contributed by atoms with Crippen LogP contribution in [-0.2, 0) is 6.42 Å². The fourth-order valence-electron chi connectivity index (χ4n) is 3.48. The molecule has 1 aromatic rings. The Morgan fingerprint density at radius 3 is 2.48 bits per heavy atom. The molecule has 0 spiro atoms. The highest BCUT2D eigenvalue weighted by atomic mass is 16.5. The van der Waals surface area contributed by atoms with E-state index in [4.69, 9.17) is 9.47 Å². The van der Waals surface area contributed by atoms with E-state index in [9.17, 15) is 0 Å². The molecular weight excluding hydrogens is 340 g/mol. The molecule has 1 saturated heterocycles. The molecule has 2 N–H and O–H groups in total. The van der Waals surface area contributed by atoms with Gasteiger partial charge in [0.1, 0.15) is 0 Å². The lowest BCUT2D eigenvalue weighted by molar-refractivity contribution is 0.167. The number of nitrogens with one attached hydrogen (secondary N) is 2. The molecule has 0 unspecified atom stereocenters. The minimum atomic E-state index is 0.511. The number of methoxy groups -OCH3 is 2. The molecule has 152 valence electrons. The van der Waals surface area contributed by atoms with Crippen LogP contribution in [0.2, 0.25) is 0 Å². The first kappa shape index (κ1) is 21.4. The van der Waals surface area contributed by atoms with Crippen LogP contribution in [0, 0.1) is 0 Å². The number of ether oxygens (including phenoxy) is 2. The van der Waals surface area contributed by atoms with Gasteiger partial charge in [-0.3, -0.25) is 4.99 Å². The number of benzene rings is 1. The summed E-state index contributed by atoms with van der Waals surface area (Å²) in [7, 11) is 5.17. The van der Waals surface area contributed by atoms with E-state index < -0.39 is 0 Å². The second kappa shape index (κ2) is 11.0. The molecule has 1 aliphatic rings. The van der Waals surface area contributed by atoms with Gasteiger partial charge in [-0.1, -0.05) is 6.07 Å². The van der Waals surface area contributed by atoms with E-state index in [0.717, 1.165) is 49.9 Å². The van der Waals surface area contributed by atoms with E-state index in [-0.39, 0.29) is 0 Å². The molecule has 2 rings (SSSR count). The van der Waals surface area contributed by atoms with E-state index in [1.807, 2.05) is 13.1 Å². The minimum Gasteiger partial charge on any atom is -0.493 e. The predicted molar refractivity (Wildman–Crippen MR) is 112 cm³/mol. The first-order chi connectivity index (χ1) is 13.1. The summed E-state index contributed by atoms with van der Waals surface area (Å²) >= 11 is 0. The normalized spacial score (nSPS) is 16.4. The van der Waals surface area contributed by atoms with Gasteiger partial charge in [-0.15, -0.1) is 0 Å². The first-order valence-corrected chi connectivity index (χ1v) is 9.99. The quantitative estimate of drug-likeness (QED) is 0.415. The number of nitrogens with zero attached hydrogens (tertiary/aromatic N) is 2. The third kappa shape index (κ3) is 6.61. The molecule has 0 atom stereocenters. The van der Waals surface area contributed by atoms with Crippen LogP contribution in [0.25, 0.3) is 0 Å². The molecule has 0 aliphatic carbocycles. The van der Waals surface area contributed by atoms with Crippen molar-refractivity contribution in [3.63, 3.8) is 0 Å². The molecule has 0 bridgehead atoms. The number of piperidine rings is 1. The molecular formula is C21H36N4O2. The summed E-state index contributed by atoms with van der Waals surface area (Å²) in [6.45, 7) is 7.75. The maximum Gasteiger partial charge on any atom is 0.191 e. The fraction of sp³-hybridized carbons (Fsp3) is 0.667. The van der Waals surface area contributed by atoms with Crippen LogP contribution >= 0.6 is 0 Å². The van der Waals surface area contributed by atoms with Gasteiger partial charge in [0, 0.05) is 38.8 Å². The second-order valence-electron chi connectivity index (χ2n) is 7.34. The third-order valence-corrected chi connectivity index (χ3v) is 5.21. The Bertz CT molecular complexity index is 596. The van der Waals surface area contributed by atoms with Crippen LogP contribution in [-0.4, -0.2) is 63.8 Å². The number of aliphatic imine (C=N–C) groups is 1. The average Bonchev–Trinajstić information content (AvgIpc) is 2.70. The van der Waals surface area contributed by atoms with Gasteiger partial charge in [0.25, 0.3) is 0 Å². The molecule has 0 saturated carbocycles. The summed E-state index contributed by atoms with van der Waals surface area (Å²) in [5.74, 6) is 2.46. The molecule has 0 aromatic heterocycles. The number of hydrogen-bond acceptors (Lipinski definition) is 4. The number of hydrogen-bond donors (Lipinski definition) is 2. The standard InChI is InChI=1S/C21H36N4O2/c1-16(2)25-13-10-18(11-14-25)24-21(22-3)23-12-6-7-17-8-9-19(26-4)20(15-17)27-5/h8-9,15-16,18H,6-7,10-14H2,1-5H3,(H2,22,23,24). The molecule has 1 fully saturated rings. The van der Waals surface area contributed by atoms with Crippen molar-refractivity contribution in [1.82, 2.24) is 15.5 Å². The lowest BCUT2D eigenvalue weighted by Gasteiger charge is -2.35. The zero-order valence-corrected chi connectivity index (χ0v) is 17.5. The number of guanidine groups is 1. The zero-order chi connectivity index (χ0) is 19.6. The number of aryl methyl sites for hydroxylation is 1. The maximum atomic E-state index is 5.37. The molecule has 1 aliphatic heterocycles. The summed E-state index contributed by atoms with van der Waals surface area (Å²) in [4.78, 5) is 6.91. The smallest absolute Gasteiger partial charge is 0.191 e. The topological polar surface area (TPSA) is 58.1 Å². The lowest BCUT2D eigenvalue weighted by Crippen LogP contribution is -2.50. The first-order valence-electron chi connectivity index (χ1n) is 9.99. The van der Waals surface area contributed by atoms with E-state index in [1.165, 1.54) is 18.4 Å². The van der Waals surface area contributed by atoms with Gasteiger partial charge in [0.15, 0.2) is 17.5 Å². The monoisotopic (exact) mass is 376 g/mol. The molecule has 0 amide bonds. The van der Waals surface area contributed by atoms with Crippen molar-refractivity contribution < 1.29 is 9.47 Å². The summed E-state index contributed by atoms with van der Waals surface area (Å²) in [5.41, 5.74) is 1.25. The van der Waals surface area contributed by atoms with Crippen LogP contribution in [0.5, 0.6) is 11.5 Å². The van der Waals surface area contributed by atoms with E-state index in [0.29, 0.717) is 12.1 Å². The summed E-state index contributed by atoms with van der Waals surface area (Å²) < 4.78 is 10.7. The molecule has 27 heavy (non-hydrogen) atoms. The van der Waals surface area contributed by atoms with Gasteiger partial charge in [0.05, 0.1) is 14.2 Å². The van der Waals surface area contributed by atoms with E-state index >= 15 is 0 Å². The van der Waals surface area contributed by atoms with Crippen LogP contribution in [0.4, 0.5) is 0 Å².